The predicted octanol–water partition coefficient (Wildman–Crippen LogP) is 11.5. The van der Waals surface area contributed by atoms with E-state index in [0.29, 0.717) is 0 Å². The number of hydrogen-bond acceptors (Lipinski definition) is 3. The van der Waals surface area contributed by atoms with Gasteiger partial charge in [0.15, 0.2) is 0 Å². The number of aromatic nitrogens is 3. The van der Waals surface area contributed by atoms with Crippen LogP contribution in [0.1, 0.15) is 0 Å². The quantitative estimate of drug-likeness (QED) is 0.187. The van der Waals surface area contributed by atoms with Crippen molar-refractivity contribution in [2.24, 2.45) is 0 Å². The predicted molar refractivity (Wildman–Crippen MR) is 199 cm³/mol. The third-order valence-electron chi connectivity index (χ3n) is 8.98. The van der Waals surface area contributed by atoms with E-state index in [2.05, 4.69) is 149 Å². The Balaban J connectivity index is 1.13. The van der Waals surface area contributed by atoms with Gasteiger partial charge in [0.05, 0.1) is 33.5 Å². The van der Waals surface area contributed by atoms with Gasteiger partial charge in [-0.3, -0.25) is 0 Å². The molecule has 0 N–H and O–H groups in total. The van der Waals surface area contributed by atoms with Crippen LogP contribution in [0.3, 0.4) is 0 Å². The van der Waals surface area contributed by atoms with Crippen LogP contribution in [0.15, 0.2) is 182 Å². The number of rotatable bonds is 6. The molecule has 9 rings (SSSR count). The molecule has 2 aromatic heterocycles. The van der Waals surface area contributed by atoms with E-state index in [9.17, 15) is 0 Å². The summed E-state index contributed by atoms with van der Waals surface area (Å²) in [5.41, 5.74) is 12.3. The first-order valence-corrected chi connectivity index (χ1v) is 16.2. The second-order valence-corrected chi connectivity index (χ2v) is 11.9. The Morgan fingerprint density at radius 3 is 1.33 bits per heavy atom. The summed E-state index contributed by atoms with van der Waals surface area (Å²) in [6.07, 6.45) is 0. The van der Waals surface area contributed by atoms with Crippen LogP contribution < -0.4 is 4.90 Å². The SMILES string of the molecule is c1ccc(-c2nc3ccccc3nc2-c2ccc(N(c3ccccc3)c3ccc(-n4c5ccccc5c5ccccc54)cc3)cc2)cc1. The molecule has 0 bridgehead atoms. The second kappa shape index (κ2) is 11.7. The van der Waals surface area contributed by atoms with Gasteiger partial charge >= 0.3 is 0 Å². The molecule has 0 atom stereocenters. The van der Waals surface area contributed by atoms with Crippen LogP contribution in [-0.4, -0.2) is 14.5 Å². The van der Waals surface area contributed by atoms with Crippen molar-refractivity contribution in [2.45, 2.75) is 0 Å². The molecule has 4 nitrogen and oxygen atoms in total. The van der Waals surface area contributed by atoms with Gasteiger partial charge in [0, 0.05) is 44.6 Å². The van der Waals surface area contributed by atoms with Crippen molar-refractivity contribution in [2.75, 3.05) is 4.90 Å². The maximum atomic E-state index is 5.11. The van der Waals surface area contributed by atoms with E-state index in [1.54, 1.807) is 0 Å². The highest BCUT2D eigenvalue weighted by molar-refractivity contribution is 6.09. The Kier molecular flexibility index (Phi) is 6.76. The summed E-state index contributed by atoms with van der Waals surface area (Å²) >= 11 is 0. The Hall–Kier alpha value is -6.52. The molecular formula is C44H30N4. The van der Waals surface area contributed by atoms with Crippen molar-refractivity contribution < 1.29 is 0 Å². The topological polar surface area (TPSA) is 34.0 Å². The van der Waals surface area contributed by atoms with E-state index < -0.39 is 0 Å². The summed E-state index contributed by atoms with van der Waals surface area (Å²) in [4.78, 5) is 12.5. The van der Waals surface area contributed by atoms with Gasteiger partial charge in [-0.25, -0.2) is 9.97 Å². The van der Waals surface area contributed by atoms with Gasteiger partial charge in [-0.05, 0) is 72.8 Å². The smallest absolute Gasteiger partial charge is 0.0973 e. The largest absolute Gasteiger partial charge is 0.311 e. The van der Waals surface area contributed by atoms with Crippen molar-refractivity contribution >= 4 is 49.9 Å². The maximum Gasteiger partial charge on any atom is 0.0973 e. The average molecular weight is 615 g/mol. The summed E-state index contributed by atoms with van der Waals surface area (Å²) in [5, 5.41) is 2.52. The summed E-state index contributed by atoms with van der Waals surface area (Å²) in [5.74, 6) is 0. The summed E-state index contributed by atoms with van der Waals surface area (Å²) in [6, 6.07) is 63.7. The van der Waals surface area contributed by atoms with Crippen LogP contribution >= 0.6 is 0 Å². The number of para-hydroxylation sites is 5. The van der Waals surface area contributed by atoms with E-state index in [-0.39, 0.29) is 0 Å². The molecule has 4 heteroatoms. The number of hydrogen-bond donors (Lipinski definition) is 0. The van der Waals surface area contributed by atoms with E-state index in [1.165, 1.54) is 21.8 Å². The Bertz CT molecular complexity index is 2480. The molecule has 48 heavy (non-hydrogen) atoms. The van der Waals surface area contributed by atoms with Crippen molar-refractivity contribution in [1.82, 2.24) is 14.5 Å². The standard InChI is InChI=1S/C44H30N4/c1-3-13-31(14-4-1)43-44(46-40-20-10-9-19-39(40)45-43)32-23-25-34(26-24-32)47(33-15-5-2-6-16-33)35-27-29-36(30-28-35)48-41-21-11-7-17-37(41)38-18-8-12-22-42(38)48/h1-30H. The molecule has 0 amide bonds. The van der Waals surface area contributed by atoms with Crippen molar-refractivity contribution in [1.29, 1.82) is 0 Å². The molecule has 0 aliphatic rings. The van der Waals surface area contributed by atoms with Crippen LogP contribution in [0.5, 0.6) is 0 Å². The molecular weight excluding hydrogens is 585 g/mol. The van der Waals surface area contributed by atoms with Gasteiger partial charge in [0.25, 0.3) is 0 Å². The van der Waals surface area contributed by atoms with E-state index >= 15 is 0 Å². The van der Waals surface area contributed by atoms with Gasteiger partial charge < -0.3 is 9.47 Å². The highest BCUT2D eigenvalue weighted by Crippen LogP contribution is 2.38. The van der Waals surface area contributed by atoms with Gasteiger partial charge in [-0.1, -0.05) is 109 Å². The molecule has 0 spiro atoms. The van der Waals surface area contributed by atoms with Crippen molar-refractivity contribution in [3.8, 4) is 28.2 Å². The van der Waals surface area contributed by atoms with Gasteiger partial charge in [0.1, 0.15) is 0 Å². The number of anilines is 3. The lowest BCUT2D eigenvalue weighted by Crippen LogP contribution is -2.10. The lowest BCUT2D eigenvalue weighted by atomic mass is 10.0. The van der Waals surface area contributed by atoms with Gasteiger partial charge in [-0.15, -0.1) is 0 Å². The molecule has 0 saturated heterocycles. The summed E-state index contributed by atoms with van der Waals surface area (Å²) < 4.78 is 2.35. The monoisotopic (exact) mass is 614 g/mol. The Morgan fingerprint density at radius 2 is 0.771 bits per heavy atom. The average Bonchev–Trinajstić information content (AvgIpc) is 3.50. The molecule has 0 radical (unpaired) electrons. The van der Waals surface area contributed by atoms with Gasteiger partial charge in [0.2, 0.25) is 0 Å². The number of nitrogens with zero attached hydrogens (tertiary/aromatic N) is 4. The van der Waals surface area contributed by atoms with Crippen LogP contribution in [-0.2, 0) is 0 Å². The van der Waals surface area contributed by atoms with Gasteiger partial charge in [-0.2, -0.15) is 0 Å². The number of fused-ring (bicyclic) bond motifs is 4. The first-order valence-electron chi connectivity index (χ1n) is 16.2. The lowest BCUT2D eigenvalue weighted by Gasteiger charge is -2.26. The Labute approximate surface area is 278 Å². The minimum atomic E-state index is 0.869. The van der Waals surface area contributed by atoms with Crippen LogP contribution in [0, 0.1) is 0 Å². The molecule has 9 aromatic rings. The highest BCUT2D eigenvalue weighted by Gasteiger charge is 2.17. The van der Waals surface area contributed by atoms with E-state index in [0.717, 1.165) is 56.3 Å². The zero-order valence-corrected chi connectivity index (χ0v) is 26.1. The zero-order valence-electron chi connectivity index (χ0n) is 26.1. The Morgan fingerprint density at radius 1 is 0.354 bits per heavy atom. The third-order valence-corrected chi connectivity index (χ3v) is 8.98. The van der Waals surface area contributed by atoms with Crippen LogP contribution in [0.2, 0.25) is 0 Å². The van der Waals surface area contributed by atoms with E-state index in [1.807, 2.05) is 42.5 Å². The number of benzene rings is 7. The second-order valence-electron chi connectivity index (χ2n) is 11.9. The zero-order chi connectivity index (χ0) is 31.9. The fourth-order valence-corrected chi connectivity index (χ4v) is 6.74. The first kappa shape index (κ1) is 27.8. The van der Waals surface area contributed by atoms with Crippen LogP contribution in [0.25, 0.3) is 61.0 Å². The maximum absolute atomic E-state index is 5.11. The minimum absolute atomic E-state index is 0.869. The summed E-state index contributed by atoms with van der Waals surface area (Å²) in [7, 11) is 0. The minimum Gasteiger partial charge on any atom is -0.311 e. The van der Waals surface area contributed by atoms with E-state index in [4.69, 9.17) is 9.97 Å². The highest BCUT2D eigenvalue weighted by atomic mass is 15.1. The molecule has 0 aliphatic carbocycles. The van der Waals surface area contributed by atoms with Crippen LogP contribution in [0.4, 0.5) is 17.1 Å². The molecule has 0 saturated carbocycles. The first-order chi connectivity index (χ1) is 23.8. The lowest BCUT2D eigenvalue weighted by molar-refractivity contribution is 1.17. The molecule has 0 unspecified atom stereocenters. The fourth-order valence-electron chi connectivity index (χ4n) is 6.74. The normalized spacial score (nSPS) is 11.3. The fraction of sp³-hybridized carbons (Fsp3) is 0. The summed E-state index contributed by atoms with van der Waals surface area (Å²) in [6.45, 7) is 0. The third kappa shape index (κ3) is 4.79. The van der Waals surface area contributed by atoms with Crippen molar-refractivity contribution in [3.63, 3.8) is 0 Å². The molecule has 0 fully saturated rings. The molecule has 0 aliphatic heterocycles. The molecule has 2 heterocycles. The molecule has 226 valence electrons. The van der Waals surface area contributed by atoms with Crippen molar-refractivity contribution in [3.05, 3.63) is 182 Å². The molecule has 7 aromatic carbocycles.